The Hall–Kier alpha value is -9.65. The quantitative estimate of drug-likeness (QED) is 0.0203. The summed E-state index contributed by atoms with van der Waals surface area (Å²) in [5, 5.41) is 41.0. The average molecular weight is 1520 g/mol. The molecule has 109 heavy (non-hydrogen) atoms. The van der Waals surface area contributed by atoms with Gasteiger partial charge in [0.05, 0.1) is 59.0 Å². The minimum absolute atomic E-state index is 0.00965. The Morgan fingerprint density at radius 2 is 0.936 bits per heavy atom. The van der Waals surface area contributed by atoms with Gasteiger partial charge in [-0.05, 0) is 138 Å². The van der Waals surface area contributed by atoms with Crippen molar-refractivity contribution in [2.24, 2.45) is 5.92 Å². The number of alkyl halides is 8. The molecule has 0 spiro atoms. The molecule has 3 aromatic heterocycles. The number of hydrogen-bond acceptors (Lipinski definition) is 15. The van der Waals surface area contributed by atoms with Gasteiger partial charge < -0.3 is 59.9 Å². The van der Waals surface area contributed by atoms with Crippen LogP contribution in [0, 0.1) is 12.8 Å². The fourth-order valence-electron chi connectivity index (χ4n) is 16.9. The first kappa shape index (κ1) is 76.1. The van der Waals surface area contributed by atoms with Crippen molar-refractivity contribution in [2.75, 3.05) is 118 Å². The number of rotatable bonds is 29. The van der Waals surface area contributed by atoms with Crippen molar-refractivity contribution in [3.63, 3.8) is 0 Å². The number of aromatic amines is 3. The molecule has 3 saturated heterocycles. The molecule has 4 unspecified atom stereocenters. The number of ether oxygens (including phenoxy) is 4. The first-order chi connectivity index (χ1) is 52.2. The molecule has 0 radical (unpaired) electrons. The number of nitrogens with one attached hydrogen (secondary N) is 5. The van der Waals surface area contributed by atoms with Gasteiger partial charge in [0.25, 0.3) is 6.43 Å². The Bertz CT molecular complexity index is 4850. The van der Waals surface area contributed by atoms with Gasteiger partial charge in [0, 0.05) is 207 Å². The van der Waals surface area contributed by atoms with Crippen LogP contribution in [0.25, 0.3) is 32.7 Å². The lowest BCUT2D eigenvalue weighted by Crippen LogP contribution is -2.49. The standard InChI is InChI=1S/C80H89F8N11O10/c1-44-28-68(106-2)58(50-12-17-89-73(44)50)37-97-25-22-94(20-15-79(83,84)85)40-65(97)45-6-9-53(76(100)101)62(30-45)92-61-32-48(61)29-49-34-70(108-4)59(51-13-18-90-74(49)51)38-98-26-23-95(21-16-80(86,87)88)41-66(98)46-7-10-54(77(102)103)63(31-46)93-64-35-56(64)57-36-71(109-5)60(52-14-19-91-75(52)57)39-99-27-24-96(43-72(81)82)42-67(99)47-8-11-55(78(104)105)69(33-47)107-3/h6-14,17-19,28,30-31,33-34,36,48,56,61,64-67,72,89-93H,15-16,20-27,29,32,35,37-43H2,1-5H3,(H,100,101)(H,102,103)(H,104,105)/t48?,56?,61?,64?,65-,66+,67+/m0/s1. The zero-order chi connectivity index (χ0) is 76.9. The van der Waals surface area contributed by atoms with E-state index >= 15 is 0 Å². The number of aromatic nitrogens is 3. The average Bonchev–Trinajstić information content (AvgIpc) is 1.61. The largest absolute Gasteiger partial charge is 0.496 e. The number of benzene rings is 6. The molecule has 7 atom stereocenters. The molecule has 580 valence electrons. The summed E-state index contributed by atoms with van der Waals surface area (Å²) in [6.07, 6.45) is -5.90. The molecule has 2 saturated carbocycles. The highest BCUT2D eigenvalue weighted by Gasteiger charge is 2.44. The Morgan fingerprint density at radius 1 is 0.505 bits per heavy atom. The molecule has 29 heteroatoms. The first-order valence-corrected chi connectivity index (χ1v) is 36.7. The van der Waals surface area contributed by atoms with E-state index in [0.29, 0.717) is 118 Å². The molecule has 6 heterocycles. The van der Waals surface area contributed by atoms with Crippen molar-refractivity contribution in [2.45, 2.75) is 114 Å². The molecule has 8 N–H and O–H groups in total. The van der Waals surface area contributed by atoms with Gasteiger partial charge in [-0.2, -0.15) is 26.3 Å². The lowest BCUT2D eigenvalue weighted by molar-refractivity contribution is -0.140. The number of H-pyrrole nitrogens is 3. The Balaban J connectivity index is 0.701. The Labute approximate surface area is 624 Å². The van der Waals surface area contributed by atoms with Crippen LogP contribution < -0.4 is 29.6 Å². The van der Waals surface area contributed by atoms with Crippen molar-refractivity contribution in [1.29, 1.82) is 0 Å². The van der Waals surface area contributed by atoms with E-state index in [2.05, 4.69) is 40.3 Å². The first-order valence-electron chi connectivity index (χ1n) is 36.7. The topological polar surface area (TPSA) is 240 Å². The van der Waals surface area contributed by atoms with Gasteiger partial charge in [0.2, 0.25) is 0 Å². The van der Waals surface area contributed by atoms with E-state index in [1.54, 1.807) is 67.5 Å². The number of fused-ring (bicyclic) bond motifs is 3. The third kappa shape index (κ3) is 16.6. The van der Waals surface area contributed by atoms with Crippen molar-refractivity contribution in [3.05, 3.63) is 176 Å². The maximum Gasteiger partial charge on any atom is 0.390 e. The van der Waals surface area contributed by atoms with Crippen LogP contribution in [0.3, 0.4) is 0 Å². The Kier molecular flexibility index (Phi) is 21.9. The van der Waals surface area contributed by atoms with E-state index in [1.165, 1.54) is 19.2 Å². The van der Waals surface area contributed by atoms with Crippen LogP contribution in [-0.2, 0) is 26.1 Å². The van der Waals surface area contributed by atoms with Crippen LogP contribution in [0.15, 0.2) is 110 Å². The van der Waals surface area contributed by atoms with E-state index in [4.69, 9.17) is 18.9 Å². The highest BCUT2D eigenvalue weighted by atomic mass is 19.4. The second-order valence-corrected chi connectivity index (χ2v) is 29.5. The molecular formula is C80H89F8N11O10. The van der Waals surface area contributed by atoms with Crippen molar-refractivity contribution >= 4 is 62.0 Å². The molecule has 6 aromatic carbocycles. The second kappa shape index (κ2) is 31.4. The normalized spacial score (nSPS) is 21.4. The lowest BCUT2D eigenvalue weighted by atomic mass is 9.96. The zero-order valence-electron chi connectivity index (χ0n) is 61.1. The maximum atomic E-state index is 14.0. The summed E-state index contributed by atoms with van der Waals surface area (Å²) in [4.78, 5) is 60.3. The molecule has 2 aliphatic carbocycles. The lowest BCUT2D eigenvalue weighted by Gasteiger charge is -2.42. The monoisotopic (exact) mass is 1520 g/mol. The van der Waals surface area contributed by atoms with Crippen LogP contribution in [-0.4, -0.2) is 215 Å². The summed E-state index contributed by atoms with van der Waals surface area (Å²) >= 11 is 0. The predicted molar refractivity (Wildman–Crippen MR) is 396 cm³/mol. The third-order valence-electron chi connectivity index (χ3n) is 22.8. The summed E-state index contributed by atoms with van der Waals surface area (Å²) in [5.41, 5.74) is 11.0. The molecule has 9 aromatic rings. The van der Waals surface area contributed by atoms with E-state index in [9.17, 15) is 64.8 Å². The van der Waals surface area contributed by atoms with Gasteiger partial charge in [-0.15, -0.1) is 0 Å². The minimum Gasteiger partial charge on any atom is -0.496 e. The molecule has 21 nitrogen and oxygen atoms in total. The number of aryl methyl sites for hydroxylation is 1. The SMILES string of the molecule is COc1cc([C@H]2CN(CC(F)F)CCN2Cc2c(OC)cc(C3CC3Nc3cc([C@H]4CN(CCC(F)(F)F)CCN4Cc4c(OC)cc(CC5CC5Nc5cc([C@@H]6CN(CCC(F)(F)F)CCN6Cc6c(OC)cc(C)c7[nH]ccc67)ccc5C(=O)O)c5[nH]ccc45)ccc3C(=O)O)c3[nH]ccc23)ccc1C(=O)O. The van der Waals surface area contributed by atoms with E-state index in [0.717, 1.165) is 71.7 Å². The van der Waals surface area contributed by atoms with Crippen LogP contribution in [0.5, 0.6) is 23.0 Å². The van der Waals surface area contributed by atoms with Gasteiger partial charge >= 0.3 is 30.3 Å². The fraction of sp³-hybridized carbons (Fsp3) is 0.438. The van der Waals surface area contributed by atoms with Crippen LogP contribution in [0.1, 0.15) is 131 Å². The summed E-state index contributed by atoms with van der Waals surface area (Å²) in [6.45, 7) is 5.17. The van der Waals surface area contributed by atoms with Gasteiger partial charge in [-0.1, -0.05) is 18.2 Å². The van der Waals surface area contributed by atoms with Gasteiger partial charge in [-0.3, -0.25) is 29.4 Å². The maximum absolute atomic E-state index is 14.0. The highest BCUT2D eigenvalue weighted by molar-refractivity contribution is 5.96. The Morgan fingerprint density at radius 3 is 1.43 bits per heavy atom. The molecule has 5 aliphatic rings. The molecule has 5 fully saturated rings. The number of nitrogens with zero attached hydrogens (tertiary/aromatic N) is 6. The van der Waals surface area contributed by atoms with Gasteiger partial charge in [-0.25, -0.2) is 23.2 Å². The molecule has 3 aliphatic heterocycles. The van der Waals surface area contributed by atoms with E-state index in [1.807, 2.05) is 72.9 Å². The summed E-state index contributed by atoms with van der Waals surface area (Å²) in [6, 6.07) is 25.1. The molecule has 0 bridgehead atoms. The van der Waals surface area contributed by atoms with Crippen LogP contribution in [0.4, 0.5) is 46.5 Å². The number of carboxylic acids is 3. The number of methoxy groups -OCH3 is 4. The number of halogens is 8. The summed E-state index contributed by atoms with van der Waals surface area (Å²) in [5.74, 6) is -1.59. The minimum atomic E-state index is -4.41. The van der Waals surface area contributed by atoms with Gasteiger partial charge in [0.1, 0.15) is 28.6 Å². The second-order valence-electron chi connectivity index (χ2n) is 29.5. The number of anilines is 2. The van der Waals surface area contributed by atoms with Crippen LogP contribution >= 0.6 is 0 Å². The smallest absolute Gasteiger partial charge is 0.390 e. The fourth-order valence-corrected chi connectivity index (χ4v) is 16.9. The molecule has 0 amide bonds. The highest BCUT2D eigenvalue weighted by Crippen LogP contribution is 2.50. The third-order valence-corrected chi connectivity index (χ3v) is 22.8. The number of carboxylic acid groups (broad SMARTS) is 3. The van der Waals surface area contributed by atoms with Crippen molar-refractivity contribution < 1.29 is 83.8 Å². The number of aromatic carboxylic acids is 3. The summed E-state index contributed by atoms with van der Waals surface area (Å²) < 4.78 is 134. The van der Waals surface area contributed by atoms with Gasteiger partial charge in [0.15, 0.2) is 0 Å². The predicted octanol–water partition coefficient (Wildman–Crippen LogP) is 14.3. The van der Waals surface area contributed by atoms with Crippen molar-refractivity contribution in [1.82, 2.24) is 44.4 Å². The van der Waals surface area contributed by atoms with Crippen LogP contribution in [0.2, 0.25) is 0 Å². The summed E-state index contributed by atoms with van der Waals surface area (Å²) in [7, 11) is 6.15. The molecular weight excluding hydrogens is 1430 g/mol. The number of carbonyl (C=O) groups is 3. The van der Waals surface area contributed by atoms with Crippen molar-refractivity contribution in [3.8, 4) is 23.0 Å². The van der Waals surface area contributed by atoms with E-state index in [-0.39, 0.29) is 79.1 Å². The molecule has 14 rings (SSSR count). The number of piperazine rings is 3. The zero-order valence-corrected chi connectivity index (χ0v) is 61.1. The van der Waals surface area contributed by atoms with E-state index < -0.39 is 74.2 Å². The number of hydrogen-bond donors (Lipinski definition) is 8.